The molecule has 0 aromatic heterocycles. The molecule has 1 aliphatic rings. The van der Waals surface area contributed by atoms with E-state index in [1.165, 1.54) is 12.1 Å². The van der Waals surface area contributed by atoms with E-state index in [9.17, 15) is 14.7 Å². The Morgan fingerprint density at radius 1 is 1.13 bits per heavy atom. The summed E-state index contributed by atoms with van der Waals surface area (Å²) >= 11 is 0. The summed E-state index contributed by atoms with van der Waals surface area (Å²) in [7, 11) is 0. The third-order valence-corrected chi connectivity index (χ3v) is 3.58. The van der Waals surface area contributed by atoms with Crippen molar-refractivity contribution in [2.24, 2.45) is 0 Å². The van der Waals surface area contributed by atoms with Crippen LogP contribution in [-0.2, 0) is 17.6 Å². The molecule has 0 atom stereocenters. The summed E-state index contributed by atoms with van der Waals surface area (Å²) in [6.45, 7) is 0.668. The lowest BCUT2D eigenvalue weighted by molar-refractivity contribution is -0.121. The van der Waals surface area contributed by atoms with Crippen molar-refractivity contribution in [3.63, 3.8) is 0 Å². The Balaban J connectivity index is 1.56. The molecule has 0 fully saturated rings. The second-order valence-electron chi connectivity index (χ2n) is 5.24. The van der Waals surface area contributed by atoms with Crippen LogP contribution < -0.4 is 15.6 Å². The number of ether oxygens (including phenoxy) is 1. The van der Waals surface area contributed by atoms with Crippen LogP contribution >= 0.6 is 0 Å². The smallest absolute Gasteiger partial charge is 0.273 e. The van der Waals surface area contributed by atoms with Crippen molar-refractivity contribution in [2.45, 2.75) is 12.8 Å². The highest BCUT2D eigenvalue weighted by Crippen LogP contribution is 2.25. The van der Waals surface area contributed by atoms with Crippen molar-refractivity contribution in [1.29, 1.82) is 0 Å². The zero-order chi connectivity index (χ0) is 16.2. The predicted molar refractivity (Wildman–Crippen MR) is 83.1 cm³/mol. The van der Waals surface area contributed by atoms with Gasteiger partial charge in [0, 0.05) is 6.42 Å². The summed E-state index contributed by atoms with van der Waals surface area (Å²) in [5, 5.41) is 9.59. The third kappa shape index (κ3) is 3.42. The summed E-state index contributed by atoms with van der Waals surface area (Å²) in [5.74, 6) is -0.189. The van der Waals surface area contributed by atoms with E-state index in [0.29, 0.717) is 6.61 Å². The van der Waals surface area contributed by atoms with Gasteiger partial charge in [-0.15, -0.1) is 0 Å². The summed E-state index contributed by atoms with van der Waals surface area (Å²) in [6.07, 6.45) is 0.989. The second kappa shape index (κ2) is 6.39. The zero-order valence-electron chi connectivity index (χ0n) is 12.3. The van der Waals surface area contributed by atoms with Gasteiger partial charge in [0.05, 0.1) is 18.6 Å². The number of hydrogen-bond donors (Lipinski definition) is 3. The number of carbonyl (C=O) groups excluding carboxylic acids is 2. The van der Waals surface area contributed by atoms with Crippen LogP contribution in [0.3, 0.4) is 0 Å². The van der Waals surface area contributed by atoms with Gasteiger partial charge in [-0.2, -0.15) is 0 Å². The van der Waals surface area contributed by atoms with Gasteiger partial charge < -0.3 is 9.84 Å². The van der Waals surface area contributed by atoms with Gasteiger partial charge in [0.1, 0.15) is 11.5 Å². The predicted octanol–water partition coefficient (Wildman–Crippen LogP) is 1.33. The van der Waals surface area contributed by atoms with Crippen molar-refractivity contribution in [3.8, 4) is 11.5 Å². The summed E-state index contributed by atoms with van der Waals surface area (Å²) in [5.41, 5.74) is 6.67. The molecule has 2 aromatic rings. The summed E-state index contributed by atoms with van der Waals surface area (Å²) < 4.78 is 5.42. The maximum Gasteiger partial charge on any atom is 0.273 e. The van der Waals surface area contributed by atoms with Gasteiger partial charge in [0.25, 0.3) is 5.91 Å². The van der Waals surface area contributed by atoms with Gasteiger partial charge in [0.15, 0.2) is 0 Å². The molecule has 6 heteroatoms. The van der Waals surface area contributed by atoms with Crippen LogP contribution in [-0.4, -0.2) is 23.5 Å². The topological polar surface area (TPSA) is 87.7 Å². The Kier molecular flexibility index (Phi) is 4.14. The monoisotopic (exact) mass is 312 g/mol. The van der Waals surface area contributed by atoms with Crippen molar-refractivity contribution in [3.05, 3.63) is 59.2 Å². The maximum atomic E-state index is 11.9. The van der Waals surface area contributed by atoms with E-state index in [4.69, 9.17) is 4.74 Å². The molecule has 0 spiro atoms. The molecule has 0 saturated heterocycles. The van der Waals surface area contributed by atoms with Gasteiger partial charge in [-0.05, 0) is 29.3 Å². The van der Waals surface area contributed by atoms with E-state index < -0.39 is 5.91 Å². The maximum absolute atomic E-state index is 11.9. The van der Waals surface area contributed by atoms with Crippen LogP contribution in [0.4, 0.5) is 0 Å². The lowest BCUT2D eigenvalue weighted by Gasteiger charge is -2.09. The Morgan fingerprint density at radius 2 is 1.96 bits per heavy atom. The number of phenols is 1. The number of carbonyl (C=O) groups is 2. The lowest BCUT2D eigenvalue weighted by Crippen LogP contribution is -2.42. The van der Waals surface area contributed by atoms with E-state index >= 15 is 0 Å². The molecule has 23 heavy (non-hydrogen) atoms. The van der Waals surface area contributed by atoms with E-state index in [1.807, 2.05) is 18.2 Å². The fourth-order valence-corrected chi connectivity index (χ4v) is 2.44. The number of rotatable bonds is 3. The quantitative estimate of drug-likeness (QED) is 0.746. The van der Waals surface area contributed by atoms with Gasteiger partial charge in [-0.1, -0.05) is 24.3 Å². The Hall–Kier alpha value is -3.02. The molecule has 3 rings (SSSR count). The van der Waals surface area contributed by atoms with Gasteiger partial charge >= 0.3 is 0 Å². The average Bonchev–Trinajstić information content (AvgIpc) is 3.01. The molecule has 0 bridgehead atoms. The Morgan fingerprint density at radius 3 is 2.78 bits per heavy atom. The highest BCUT2D eigenvalue weighted by molar-refractivity contribution is 5.97. The van der Waals surface area contributed by atoms with E-state index in [0.717, 1.165) is 23.3 Å². The summed E-state index contributed by atoms with van der Waals surface area (Å²) in [4.78, 5) is 23.8. The van der Waals surface area contributed by atoms with Crippen LogP contribution in [0.2, 0.25) is 0 Å². The number of benzene rings is 2. The highest BCUT2D eigenvalue weighted by Gasteiger charge is 2.14. The number of phenolic OH excluding ortho intramolecular Hbond substituents is 1. The van der Waals surface area contributed by atoms with Gasteiger partial charge in [-0.3, -0.25) is 20.4 Å². The molecule has 1 aliphatic heterocycles. The van der Waals surface area contributed by atoms with E-state index in [1.54, 1.807) is 12.1 Å². The average molecular weight is 312 g/mol. The minimum absolute atomic E-state index is 0.0995. The largest absolute Gasteiger partial charge is 0.507 e. The highest BCUT2D eigenvalue weighted by atomic mass is 16.5. The van der Waals surface area contributed by atoms with E-state index in [-0.39, 0.29) is 23.6 Å². The Bertz CT molecular complexity index is 758. The molecule has 118 valence electrons. The van der Waals surface area contributed by atoms with Crippen molar-refractivity contribution in [2.75, 3.05) is 6.61 Å². The van der Waals surface area contributed by atoms with Crippen LogP contribution in [0.1, 0.15) is 21.5 Å². The normalized spacial score (nSPS) is 12.2. The molecule has 0 radical (unpaired) electrons. The number of hydrogen-bond acceptors (Lipinski definition) is 4. The number of nitrogens with one attached hydrogen (secondary N) is 2. The third-order valence-electron chi connectivity index (χ3n) is 3.58. The summed E-state index contributed by atoms with van der Waals surface area (Å²) in [6, 6.07) is 11.7. The molecule has 2 amide bonds. The first-order valence-electron chi connectivity index (χ1n) is 7.25. The molecule has 0 saturated carbocycles. The van der Waals surface area contributed by atoms with Crippen LogP contribution in [0.5, 0.6) is 11.5 Å². The molecule has 1 heterocycles. The standard InChI is InChI=1S/C17H16N2O4/c20-14-4-2-1-3-13(14)17(22)19-18-16(21)10-11-5-6-15-12(9-11)7-8-23-15/h1-6,9,20H,7-8,10H2,(H,18,21)(H,19,22). The molecule has 0 aliphatic carbocycles. The van der Waals surface area contributed by atoms with Crippen molar-refractivity contribution < 1.29 is 19.4 Å². The number of hydrazine groups is 1. The van der Waals surface area contributed by atoms with Crippen LogP contribution in [0.15, 0.2) is 42.5 Å². The van der Waals surface area contributed by atoms with Crippen LogP contribution in [0, 0.1) is 0 Å². The minimum atomic E-state index is -0.571. The van der Waals surface area contributed by atoms with Crippen molar-refractivity contribution in [1.82, 2.24) is 10.9 Å². The first-order chi connectivity index (χ1) is 11.1. The SMILES string of the molecule is O=C(Cc1ccc2c(c1)CCO2)NNC(=O)c1ccccc1O. The second-order valence-corrected chi connectivity index (χ2v) is 5.24. The molecular formula is C17H16N2O4. The minimum Gasteiger partial charge on any atom is -0.507 e. The van der Waals surface area contributed by atoms with Crippen molar-refractivity contribution >= 4 is 11.8 Å². The van der Waals surface area contributed by atoms with E-state index in [2.05, 4.69) is 10.9 Å². The number of para-hydroxylation sites is 1. The number of fused-ring (bicyclic) bond motifs is 1. The first kappa shape index (κ1) is 14.9. The number of amides is 2. The fraction of sp³-hybridized carbons (Fsp3) is 0.176. The van der Waals surface area contributed by atoms with Gasteiger partial charge in [0.2, 0.25) is 5.91 Å². The Labute approximate surface area is 133 Å². The molecule has 3 N–H and O–H groups in total. The first-order valence-corrected chi connectivity index (χ1v) is 7.25. The molecule has 0 unspecified atom stereocenters. The molecule has 6 nitrogen and oxygen atoms in total. The van der Waals surface area contributed by atoms with Crippen LogP contribution in [0.25, 0.3) is 0 Å². The fourth-order valence-electron chi connectivity index (χ4n) is 2.44. The van der Waals surface area contributed by atoms with Gasteiger partial charge in [-0.25, -0.2) is 0 Å². The number of aromatic hydroxyl groups is 1. The lowest BCUT2D eigenvalue weighted by atomic mass is 10.1. The zero-order valence-corrected chi connectivity index (χ0v) is 12.3. The molecular weight excluding hydrogens is 296 g/mol. The molecule has 2 aromatic carbocycles.